The largest absolute Gasteiger partial charge is 0.467 e. The number of nitrogens with one attached hydrogen (secondary N) is 1. The lowest BCUT2D eigenvalue weighted by Gasteiger charge is -2.19. The topological polar surface area (TPSA) is 94.3 Å². The van der Waals surface area contributed by atoms with Crippen LogP contribution in [0.25, 0.3) is 0 Å². The van der Waals surface area contributed by atoms with Gasteiger partial charge in [0, 0.05) is 6.20 Å². The number of nitrogens with zero attached hydrogens (tertiary/aromatic N) is 1. The van der Waals surface area contributed by atoms with Gasteiger partial charge in [0.2, 0.25) is 0 Å². The first-order chi connectivity index (χ1) is 10.0. The number of carbonyl (C=O) groups excluding carboxylic acids is 2. The second-order valence-corrected chi connectivity index (χ2v) is 4.62. The molecular weight excluding hydrogens is 270 g/mol. The van der Waals surface area contributed by atoms with E-state index in [9.17, 15) is 9.59 Å². The van der Waals surface area contributed by atoms with Gasteiger partial charge in [-0.05, 0) is 18.1 Å². The standard InChI is InChI=1S/C15H19N3O3/c1-10(2)12(15(20)21-3)18-14(19)13-11(6-4-8-16)7-5-9-17-13/h5,7,9-10,12H,8,16H2,1-3H3,(H,18,19). The number of nitrogens with two attached hydrogens (primary N) is 1. The molecule has 3 N–H and O–H groups in total. The highest BCUT2D eigenvalue weighted by Gasteiger charge is 2.26. The third kappa shape index (κ3) is 4.58. The molecule has 0 spiro atoms. The van der Waals surface area contributed by atoms with E-state index in [1.807, 2.05) is 13.8 Å². The summed E-state index contributed by atoms with van der Waals surface area (Å²) in [7, 11) is 1.28. The van der Waals surface area contributed by atoms with Gasteiger partial charge in [0.05, 0.1) is 19.2 Å². The first kappa shape index (κ1) is 16.7. The molecule has 0 aliphatic carbocycles. The number of amides is 1. The van der Waals surface area contributed by atoms with Gasteiger partial charge < -0.3 is 15.8 Å². The Morgan fingerprint density at radius 1 is 1.48 bits per heavy atom. The lowest BCUT2D eigenvalue weighted by atomic mass is 10.0. The van der Waals surface area contributed by atoms with E-state index in [1.54, 1.807) is 12.1 Å². The first-order valence-corrected chi connectivity index (χ1v) is 6.53. The van der Waals surface area contributed by atoms with Crippen LogP contribution in [0.1, 0.15) is 29.9 Å². The predicted octanol–water partition coefficient (Wildman–Crippen LogP) is 0.319. The number of methoxy groups -OCH3 is 1. The Morgan fingerprint density at radius 3 is 2.76 bits per heavy atom. The normalized spacial score (nSPS) is 11.3. The maximum absolute atomic E-state index is 12.3. The molecule has 1 aromatic rings. The average Bonchev–Trinajstić information content (AvgIpc) is 2.49. The number of carbonyl (C=O) groups is 2. The van der Waals surface area contributed by atoms with E-state index >= 15 is 0 Å². The zero-order chi connectivity index (χ0) is 15.8. The quantitative estimate of drug-likeness (QED) is 0.615. The van der Waals surface area contributed by atoms with Gasteiger partial charge in [0.1, 0.15) is 11.7 Å². The van der Waals surface area contributed by atoms with E-state index in [1.165, 1.54) is 13.3 Å². The summed E-state index contributed by atoms with van der Waals surface area (Å²) in [4.78, 5) is 28.0. The van der Waals surface area contributed by atoms with Gasteiger partial charge in [-0.25, -0.2) is 9.78 Å². The molecule has 1 amide bonds. The maximum atomic E-state index is 12.3. The van der Waals surface area contributed by atoms with Crippen molar-refractivity contribution in [3.8, 4) is 11.8 Å². The smallest absolute Gasteiger partial charge is 0.328 e. The Labute approximate surface area is 124 Å². The summed E-state index contributed by atoms with van der Waals surface area (Å²) in [5, 5.41) is 2.63. The molecule has 21 heavy (non-hydrogen) atoms. The van der Waals surface area contributed by atoms with Crippen LogP contribution in [0.15, 0.2) is 18.3 Å². The van der Waals surface area contributed by atoms with Gasteiger partial charge in [-0.3, -0.25) is 4.79 Å². The lowest BCUT2D eigenvalue weighted by molar-refractivity contribution is -0.144. The number of esters is 1. The lowest BCUT2D eigenvalue weighted by Crippen LogP contribution is -2.45. The average molecular weight is 289 g/mol. The highest BCUT2D eigenvalue weighted by molar-refractivity contribution is 5.97. The highest BCUT2D eigenvalue weighted by atomic mass is 16.5. The number of ether oxygens (including phenoxy) is 1. The van der Waals surface area contributed by atoms with E-state index in [0.717, 1.165) is 0 Å². The van der Waals surface area contributed by atoms with Gasteiger partial charge in [-0.15, -0.1) is 0 Å². The second kappa shape index (κ2) is 8.02. The fourth-order valence-corrected chi connectivity index (χ4v) is 1.67. The van der Waals surface area contributed by atoms with Gasteiger partial charge >= 0.3 is 5.97 Å². The van der Waals surface area contributed by atoms with Crippen LogP contribution in [0.5, 0.6) is 0 Å². The van der Waals surface area contributed by atoms with Crippen molar-refractivity contribution in [3.05, 3.63) is 29.6 Å². The molecule has 0 fully saturated rings. The van der Waals surface area contributed by atoms with Crippen LogP contribution in [0.4, 0.5) is 0 Å². The van der Waals surface area contributed by atoms with E-state index in [-0.39, 0.29) is 18.2 Å². The number of rotatable bonds is 4. The zero-order valence-corrected chi connectivity index (χ0v) is 12.3. The van der Waals surface area contributed by atoms with Crippen LogP contribution in [-0.2, 0) is 9.53 Å². The maximum Gasteiger partial charge on any atom is 0.328 e. The van der Waals surface area contributed by atoms with E-state index < -0.39 is 17.9 Å². The molecule has 6 nitrogen and oxygen atoms in total. The molecule has 6 heteroatoms. The molecule has 0 saturated carbocycles. The summed E-state index contributed by atoms with van der Waals surface area (Å²) in [5.74, 6) is 4.39. The Morgan fingerprint density at radius 2 is 2.19 bits per heavy atom. The molecule has 1 rings (SSSR count). The highest BCUT2D eigenvalue weighted by Crippen LogP contribution is 2.08. The summed E-state index contributed by atoms with van der Waals surface area (Å²) >= 11 is 0. The number of pyridine rings is 1. The summed E-state index contributed by atoms with van der Waals surface area (Å²) in [5.41, 5.74) is 5.95. The number of aromatic nitrogens is 1. The summed E-state index contributed by atoms with van der Waals surface area (Å²) < 4.78 is 4.69. The van der Waals surface area contributed by atoms with Crippen LogP contribution in [0.3, 0.4) is 0 Å². The molecule has 112 valence electrons. The van der Waals surface area contributed by atoms with Gasteiger partial charge in [-0.2, -0.15) is 0 Å². The Kier molecular flexibility index (Phi) is 6.37. The number of hydrogen-bond donors (Lipinski definition) is 2. The van der Waals surface area contributed by atoms with Crippen molar-refractivity contribution in [3.63, 3.8) is 0 Å². The van der Waals surface area contributed by atoms with Gasteiger partial charge in [0.25, 0.3) is 5.91 Å². The molecule has 1 heterocycles. The fraction of sp³-hybridized carbons (Fsp3) is 0.400. The van der Waals surface area contributed by atoms with E-state index in [4.69, 9.17) is 5.73 Å². The predicted molar refractivity (Wildman–Crippen MR) is 78.3 cm³/mol. The van der Waals surface area contributed by atoms with E-state index in [0.29, 0.717) is 5.56 Å². The molecule has 1 unspecified atom stereocenters. The van der Waals surface area contributed by atoms with Crippen LogP contribution in [0.2, 0.25) is 0 Å². The third-order valence-corrected chi connectivity index (χ3v) is 2.76. The third-order valence-electron chi connectivity index (χ3n) is 2.76. The van der Waals surface area contributed by atoms with Crippen molar-refractivity contribution in [2.45, 2.75) is 19.9 Å². The van der Waals surface area contributed by atoms with Crippen molar-refractivity contribution in [2.75, 3.05) is 13.7 Å². The Balaban J connectivity index is 3.00. The first-order valence-electron chi connectivity index (χ1n) is 6.53. The molecule has 0 bridgehead atoms. The van der Waals surface area contributed by atoms with Crippen molar-refractivity contribution in [1.82, 2.24) is 10.3 Å². The molecule has 0 saturated heterocycles. The van der Waals surface area contributed by atoms with Crippen molar-refractivity contribution in [1.29, 1.82) is 0 Å². The fourth-order valence-electron chi connectivity index (χ4n) is 1.67. The number of hydrogen-bond acceptors (Lipinski definition) is 5. The summed E-state index contributed by atoms with van der Waals surface area (Å²) in [6.07, 6.45) is 1.49. The Hall–Kier alpha value is -2.39. The van der Waals surface area contributed by atoms with Crippen molar-refractivity contribution < 1.29 is 14.3 Å². The molecule has 0 aliphatic heterocycles. The monoisotopic (exact) mass is 289 g/mol. The SMILES string of the molecule is COC(=O)C(NC(=O)c1ncccc1C#CCN)C(C)C. The van der Waals surface area contributed by atoms with Gasteiger partial charge in [-0.1, -0.05) is 25.7 Å². The van der Waals surface area contributed by atoms with Gasteiger partial charge in [0.15, 0.2) is 0 Å². The Bertz CT molecular complexity index is 573. The molecular formula is C15H19N3O3. The minimum atomic E-state index is -0.736. The molecule has 0 aromatic carbocycles. The molecule has 1 atom stereocenters. The molecule has 0 radical (unpaired) electrons. The minimum Gasteiger partial charge on any atom is -0.467 e. The van der Waals surface area contributed by atoms with Crippen LogP contribution in [0, 0.1) is 17.8 Å². The van der Waals surface area contributed by atoms with Crippen LogP contribution >= 0.6 is 0 Å². The van der Waals surface area contributed by atoms with E-state index in [2.05, 4.69) is 26.9 Å². The minimum absolute atomic E-state index is 0.108. The zero-order valence-electron chi connectivity index (χ0n) is 12.3. The summed E-state index contributed by atoms with van der Waals surface area (Å²) in [6, 6.07) is 2.62. The molecule has 1 aromatic heterocycles. The van der Waals surface area contributed by atoms with Crippen LogP contribution < -0.4 is 11.1 Å². The molecule has 0 aliphatic rings. The summed E-state index contributed by atoms with van der Waals surface area (Å²) in [6.45, 7) is 3.82. The van der Waals surface area contributed by atoms with Crippen LogP contribution in [-0.4, -0.2) is 36.6 Å². The second-order valence-electron chi connectivity index (χ2n) is 4.62. The van der Waals surface area contributed by atoms with Crippen molar-refractivity contribution >= 4 is 11.9 Å². The van der Waals surface area contributed by atoms with Crippen molar-refractivity contribution in [2.24, 2.45) is 11.7 Å².